The van der Waals surface area contributed by atoms with Crippen molar-refractivity contribution in [2.75, 3.05) is 18.4 Å². The summed E-state index contributed by atoms with van der Waals surface area (Å²) in [5, 5.41) is 7.05. The van der Waals surface area contributed by atoms with Crippen molar-refractivity contribution in [3.8, 4) is 0 Å². The Hall–Kier alpha value is -2.77. The van der Waals surface area contributed by atoms with Crippen molar-refractivity contribution in [3.63, 3.8) is 0 Å². The van der Waals surface area contributed by atoms with Gasteiger partial charge in [0, 0.05) is 31.6 Å². The number of rotatable bonds is 6. The number of hydrogen-bond acceptors (Lipinski definition) is 5. The molecule has 4 N–H and O–H groups in total. The number of nitrogens with zero attached hydrogens (tertiary/aromatic N) is 2. The zero-order valence-corrected chi connectivity index (χ0v) is 22.0. The van der Waals surface area contributed by atoms with Crippen LogP contribution in [0.1, 0.15) is 91.0 Å². The zero-order valence-electron chi connectivity index (χ0n) is 22.0. The van der Waals surface area contributed by atoms with Crippen LogP contribution < -0.4 is 16.4 Å². The summed E-state index contributed by atoms with van der Waals surface area (Å²) in [5.74, 6) is 1.10. The first kappa shape index (κ1) is 26.8. The van der Waals surface area contributed by atoms with Crippen LogP contribution in [0.3, 0.4) is 0 Å². The lowest BCUT2D eigenvalue weighted by atomic mass is 9.82. The molecule has 0 spiro atoms. The Bertz CT molecular complexity index is 916. The largest absolute Gasteiger partial charge is 0.444 e. The van der Waals surface area contributed by atoms with Crippen molar-refractivity contribution >= 4 is 23.5 Å². The van der Waals surface area contributed by atoms with E-state index in [4.69, 9.17) is 15.5 Å². The van der Waals surface area contributed by atoms with E-state index in [0.29, 0.717) is 43.6 Å². The normalized spacial score (nSPS) is 21.9. The van der Waals surface area contributed by atoms with Crippen molar-refractivity contribution in [1.82, 2.24) is 10.2 Å². The standard InChI is InChI=1S/C27H43N5O3/c1-6-27(5,30-23-12-8-7-11-22(23)19-13-15-21(33)16-14-19)31-24(28)29-20-10-9-17-32(18-20)25(34)35-26(2,3)4/h7-8,11-12,19-20,30H,6,9-10,13-18H2,1-5H3,(H3,28,29,31)/t20-,27?/m0/s1. The molecular weight excluding hydrogens is 442 g/mol. The van der Waals surface area contributed by atoms with E-state index in [-0.39, 0.29) is 12.1 Å². The number of carbonyl (C=O) groups excluding carboxylic acids is 2. The maximum absolute atomic E-state index is 12.5. The fraction of sp³-hybridized carbons (Fsp3) is 0.667. The number of nitrogens with one attached hydrogen (secondary N) is 2. The van der Waals surface area contributed by atoms with Crippen LogP contribution >= 0.6 is 0 Å². The van der Waals surface area contributed by atoms with E-state index >= 15 is 0 Å². The minimum atomic E-state index is -0.522. The number of benzene rings is 1. The van der Waals surface area contributed by atoms with Crippen LogP contribution in [0.2, 0.25) is 0 Å². The summed E-state index contributed by atoms with van der Waals surface area (Å²) in [5.41, 5.74) is 7.65. The summed E-state index contributed by atoms with van der Waals surface area (Å²) in [6.07, 6.45) is 5.32. The second-order valence-corrected chi connectivity index (χ2v) is 11.1. The van der Waals surface area contributed by atoms with Crippen LogP contribution in [0.5, 0.6) is 0 Å². The number of carbonyl (C=O) groups is 2. The van der Waals surface area contributed by atoms with E-state index in [1.807, 2.05) is 26.8 Å². The van der Waals surface area contributed by atoms with Crippen molar-refractivity contribution in [3.05, 3.63) is 29.8 Å². The third-order valence-corrected chi connectivity index (χ3v) is 6.84. The average molecular weight is 486 g/mol. The van der Waals surface area contributed by atoms with Crippen LogP contribution in [0.4, 0.5) is 10.5 Å². The van der Waals surface area contributed by atoms with Crippen LogP contribution in [0, 0.1) is 0 Å². The molecule has 8 heteroatoms. The van der Waals surface area contributed by atoms with Gasteiger partial charge in [-0.3, -0.25) is 4.79 Å². The number of anilines is 1. The summed E-state index contributed by atoms with van der Waals surface area (Å²) in [4.78, 5) is 30.6. The first-order valence-corrected chi connectivity index (χ1v) is 13.0. The number of aliphatic imine (C=N–C) groups is 1. The SMILES string of the molecule is CCC(C)(NC(N)=N[C@H]1CCCN(C(=O)OC(C)(C)C)C1)Nc1ccccc1C1CCC(=O)CC1. The molecule has 0 bridgehead atoms. The van der Waals surface area contributed by atoms with Gasteiger partial charge < -0.3 is 26.0 Å². The van der Waals surface area contributed by atoms with Crippen LogP contribution in [-0.4, -0.2) is 53.1 Å². The maximum Gasteiger partial charge on any atom is 0.410 e. The van der Waals surface area contributed by atoms with Crippen molar-refractivity contribution in [1.29, 1.82) is 0 Å². The third kappa shape index (κ3) is 7.87. The number of hydrogen-bond donors (Lipinski definition) is 3. The van der Waals surface area contributed by atoms with Gasteiger partial charge in [0.1, 0.15) is 17.0 Å². The van der Waals surface area contributed by atoms with E-state index < -0.39 is 11.3 Å². The number of nitrogens with two attached hydrogens (primary N) is 1. The smallest absolute Gasteiger partial charge is 0.410 e. The van der Waals surface area contributed by atoms with Gasteiger partial charge in [-0.15, -0.1) is 0 Å². The molecule has 1 amide bonds. The first-order chi connectivity index (χ1) is 16.5. The molecule has 35 heavy (non-hydrogen) atoms. The predicted molar refractivity (Wildman–Crippen MR) is 141 cm³/mol. The summed E-state index contributed by atoms with van der Waals surface area (Å²) in [6.45, 7) is 11.0. The highest BCUT2D eigenvalue weighted by Crippen LogP contribution is 2.36. The van der Waals surface area contributed by atoms with Gasteiger partial charge in [0.05, 0.1) is 6.04 Å². The minimum absolute atomic E-state index is 0.0723. The van der Waals surface area contributed by atoms with E-state index in [0.717, 1.165) is 37.8 Å². The third-order valence-electron chi connectivity index (χ3n) is 6.84. The van der Waals surface area contributed by atoms with Gasteiger partial charge in [0.25, 0.3) is 0 Å². The summed E-state index contributed by atoms with van der Waals surface area (Å²) in [7, 11) is 0. The van der Waals surface area contributed by atoms with Gasteiger partial charge in [-0.25, -0.2) is 9.79 Å². The second-order valence-electron chi connectivity index (χ2n) is 11.1. The van der Waals surface area contributed by atoms with Crippen molar-refractivity contribution in [2.24, 2.45) is 10.7 Å². The molecule has 2 fully saturated rings. The van der Waals surface area contributed by atoms with Crippen molar-refractivity contribution in [2.45, 2.75) is 103 Å². The Morgan fingerprint density at radius 2 is 1.86 bits per heavy atom. The molecule has 1 aliphatic heterocycles. The molecule has 1 aliphatic carbocycles. The fourth-order valence-corrected chi connectivity index (χ4v) is 4.79. The molecule has 1 aromatic carbocycles. The fourth-order valence-electron chi connectivity index (χ4n) is 4.79. The van der Waals surface area contributed by atoms with Crippen LogP contribution in [-0.2, 0) is 9.53 Å². The Kier molecular flexibility index (Phi) is 8.67. The first-order valence-electron chi connectivity index (χ1n) is 13.0. The molecule has 1 saturated carbocycles. The van der Waals surface area contributed by atoms with Gasteiger partial charge in [-0.2, -0.15) is 0 Å². The van der Waals surface area contributed by atoms with Gasteiger partial charge in [-0.05, 0) is 77.3 Å². The van der Waals surface area contributed by atoms with Gasteiger partial charge in [0.2, 0.25) is 0 Å². The molecule has 1 aromatic rings. The Labute approximate surface area is 210 Å². The lowest BCUT2D eigenvalue weighted by Gasteiger charge is -2.36. The number of para-hydroxylation sites is 1. The molecule has 2 atom stereocenters. The highest BCUT2D eigenvalue weighted by Gasteiger charge is 2.29. The topological polar surface area (TPSA) is 109 Å². The molecule has 1 heterocycles. The molecule has 194 valence electrons. The molecule has 1 saturated heterocycles. The number of amides is 1. The van der Waals surface area contributed by atoms with Gasteiger partial charge in [0.15, 0.2) is 5.96 Å². The molecule has 8 nitrogen and oxygen atoms in total. The van der Waals surface area contributed by atoms with E-state index in [2.05, 4.69) is 42.7 Å². The number of ether oxygens (including phenoxy) is 1. The number of guanidine groups is 1. The zero-order chi connectivity index (χ0) is 25.6. The Morgan fingerprint density at radius 3 is 2.51 bits per heavy atom. The Balaban J connectivity index is 1.66. The lowest BCUT2D eigenvalue weighted by molar-refractivity contribution is -0.120. The molecule has 2 aliphatic rings. The van der Waals surface area contributed by atoms with E-state index in [1.54, 1.807) is 4.90 Å². The Morgan fingerprint density at radius 1 is 1.17 bits per heavy atom. The predicted octanol–water partition coefficient (Wildman–Crippen LogP) is 4.76. The average Bonchev–Trinajstić information content (AvgIpc) is 2.79. The molecule has 0 aromatic heterocycles. The highest BCUT2D eigenvalue weighted by atomic mass is 16.6. The van der Waals surface area contributed by atoms with Gasteiger partial charge >= 0.3 is 6.09 Å². The number of likely N-dealkylation sites (tertiary alicyclic amines) is 1. The molecule has 3 rings (SSSR count). The number of ketones is 1. The quantitative estimate of drug-likeness (QED) is 0.305. The van der Waals surface area contributed by atoms with E-state index in [1.165, 1.54) is 5.56 Å². The molecule has 0 radical (unpaired) electrons. The lowest BCUT2D eigenvalue weighted by Crippen LogP contribution is -2.55. The van der Waals surface area contributed by atoms with Crippen LogP contribution in [0.25, 0.3) is 0 Å². The summed E-state index contributed by atoms with van der Waals surface area (Å²) >= 11 is 0. The highest BCUT2D eigenvalue weighted by molar-refractivity contribution is 5.80. The monoisotopic (exact) mass is 485 g/mol. The minimum Gasteiger partial charge on any atom is -0.444 e. The molecular formula is C27H43N5O3. The molecule has 1 unspecified atom stereocenters. The van der Waals surface area contributed by atoms with Crippen molar-refractivity contribution < 1.29 is 14.3 Å². The van der Waals surface area contributed by atoms with E-state index in [9.17, 15) is 9.59 Å². The maximum atomic E-state index is 12.5. The summed E-state index contributed by atoms with van der Waals surface area (Å²) in [6, 6.07) is 8.26. The van der Waals surface area contributed by atoms with Gasteiger partial charge in [-0.1, -0.05) is 25.1 Å². The summed E-state index contributed by atoms with van der Waals surface area (Å²) < 4.78 is 5.52. The van der Waals surface area contributed by atoms with Crippen LogP contribution in [0.15, 0.2) is 29.3 Å². The number of piperidine rings is 1. The second kappa shape index (κ2) is 11.3. The number of Topliss-reactive ketones (excluding diaryl/α,β-unsaturated/α-hetero) is 1.